The van der Waals surface area contributed by atoms with E-state index in [1.165, 1.54) is 0 Å². The Hall–Kier alpha value is -1.59. The molecule has 0 aliphatic carbocycles. The summed E-state index contributed by atoms with van der Waals surface area (Å²) < 4.78 is 5.37. The third-order valence-electron chi connectivity index (χ3n) is 4.50. The second-order valence-corrected chi connectivity index (χ2v) is 6.31. The van der Waals surface area contributed by atoms with E-state index in [1.807, 2.05) is 34.1 Å². The molecule has 1 heterocycles. The molecule has 0 unspecified atom stereocenters. The lowest BCUT2D eigenvalue weighted by molar-refractivity contribution is -0.134. The molecule has 128 valence electrons. The molecule has 5 nitrogen and oxygen atoms in total. The number of amides is 1. The highest BCUT2D eigenvalue weighted by Crippen LogP contribution is 2.20. The smallest absolute Gasteiger partial charge is 0.236 e. The standard InChI is InChI=1S/C18H28N2O3/c1-15-7-9-20(10-8-15)18(22)14-19(11-12-21)13-16-5-3-4-6-17(16)23-2/h3-6,15,21H,7-14H2,1-2H3. The van der Waals surface area contributed by atoms with Gasteiger partial charge in [-0.25, -0.2) is 0 Å². The third-order valence-corrected chi connectivity index (χ3v) is 4.50. The number of aliphatic hydroxyl groups is 1. The van der Waals surface area contributed by atoms with Gasteiger partial charge in [0, 0.05) is 31.7 Å². The molecular formula is C18H28N2O3. The molecule has 1 saturated heterocycles. The lowest BCUT2D eigenvalue weighted by Crippen LogP contribution is -2.44. The van der Waals surface area contributed by atoms with Crippen LogP contribution >= 0.6 is 0 Å². The summed E-state index contributed by atoms with van der Waals surface area (Å²) in [6.07, 6.45) is 2.16. The molecule has 0 aromatic heterocycles. The molecule has 23 heavy (non-hydrogen) atoms. The summed E-state index contributed by atoms with van der Waals surface area (Å²) in [7, 11) is 1.65. The van der Waals surface area contributed by atoms with E-state index in [4.69, 9.17) is 4.74 Å². The van der Waals surface area contributed by atoms with Crippen molar-refractivity contribution < 1.29 is 14.6 Å². The Morgan fingerprint density at radius 2 is 2.04 bits per heavy atom. The SMILES string of the molecule is COc1ccccc1CN(CCO)CC(=O)N1CCC(C)CC1. The lowest BCUT2D eigenvalue weighted by atomic mass is 9.99. The van der Waals surface area contributed by atoms with E-state index in [9.17, 15) is 9.90 Å². The van der Waals surface area contributed by atoms with Crippen LogP contribution in [0, 0.1) is 5.92 Å². The Morgan fingerprint density at radius 1 is 1.35 bits per heavy atom. The maximum atomic E-state index is 12.5. The van der Waals surface area contributed by atoms with E-state index in [-0.39, 0.29) is 12.5 Å². The van der Waals surface area contributed by atoms with Gasteiger partial charge in [0.15, 0.2) is 0 Å². The van der Waals surface area contributed by atoms with Gasteiger partial charge >= 0.3 is 0 Å². The topological polar surface area (TPSA) is 53.0 Å². The minimum atomic E-state index is 0.0411. The number of hydrogen-bond acceptors (Lipinski definition) is 4. The monoisotopic (exact) mass is 320 g/mol. The third kappa shape index (κ3) is 5.22. The van der Waals surface area contributed by atoms with E-state index in [1.54, 1.807) is 7.11 Å². The predicted molar refractivity (Wildman–Crippen MR) is 90.3 cm³/mol. The summed E-state index contributed by atoms with van der Waals surface area (Å²) in [5.41, 5.74) is 1.03. The molecule has 0 radical (unpaired) electrons. The van der Waals surface area contributed by atoms with Gasteiger partial charge in [0.1, 0.15) is 5.75 Å². The molecule has 1 aliphatic heterocycles. The van der Waals surface area contributed by atoms with Gasteiger partial charge in [0.2, 0.25) is 5.91 Å². The summed E-state index contributed by atoms with van der Waals surface area (Å²) >= 11 is 0. The zero-order valence-corrected chi connectivity index (χ0v) is 14.2. The number of benzene rings is 1. The predicted octanol–water partition coefficient (Wildman–Crippen LogP) is 1.75. The quantitative estimate of drug-likeness (QED) is 0.831. The van der Waals surface area contributed by atoms with Crippen LogP contribution in [0.2, 0.25) is 0 Å². The molecule has 0 atom stereocenters. The first-order valence-corrected chi connectivity index (χ1v) is 8.37. The van der Waals surface area contributed by atoms with Gasteiger partial charge in [0.05, 0.1) is 20.3 Å². The molecule has 1 aromatic carbocycles. The van der Waals surface area contributed by atoms with Crippen molar-refractivity contribution in [2.75, 3.05) is 39.9 Å². The Bertz CT molecular complexity index is 499. The van der Waals surface area contributed by atoms with Gasteiger partial charge in [-0.1, -0.05) is 25.1 Å². The number of carbonyl (C=O) groups excluding carboxylic acids is 1. The van der Waals surface area contributed by atoms with Gasteiger partial charge in [-0.15, -0.1) is 0 Å². The number of rotatable bonds is 7. The van der Waals surface area contributed by atoms with Gasteiger partial charge in [-0.2, -0.15) is 0 Å². The maximum absolute atomic E-state index is 12.5. The highest BCUT2D eigenvalue weighted by atomic mass is 16.5. The van der Waals surface area contributed by atoms with Gasteiger partial charge in [0.25, 0.3) is 0 Å². The molecule has 2 rings (SSSR count). The Kier molecular flexibility index (Phi) is 6.86. The number of likely N-dealkylation sites (tertiary alicyclic amines) is 1. The molecule has 1 aliphatic rings. The van der Waals surface area contributed by atoms with Crippen molar-refractivity contribution in [3.63, 3.8) is 0 Å². The van der Waals surface area contributed by atoms with Crippen molar-refractivity contribution in [1.29, 1.82) is 0 Å². The molecular weight excluding hydrogens is 292 g/mol. The summed E-state index contributed by atoms with van der Waals surface area (Å²) in [5.74, 6) is 1.68. The first kappa shape index (κ1) is 17.8. The average Bonchev–Trinajstić information content (AvgIpc) is 2.56. The van der Waals surface area contributed by atoms with E-state index in [0.717, 1.165) is 37.2 Å². The first-order valence-electron chi connectivity index (χ1n) is 8.37. The van der Waals surface area contributed by atoms with Crippen LogP contribution < -0.4 is 4.74 Å². The number of carbonyl (C=O) groups is 1. The zero-order valence-electron chi connectivity index (χ0n) is 14.2. The molecule has 1 aromatic rings. The maximum Gasteiger partial charge on any atom is 0.236 e. The molecule has 1 N–H and O–H groups in total. The van der Waals surface area contributed by atoms with E-state index in [2.05, 4.69) is 6.92 Å². The van der Waals surface area contributed by atoms with Crippen molar-refractivity contribution in [2.45, 2.75) is 26.3 Å². The van der Waals surface area contributed by atoms with Crippen LogP contribution in [-0.4, -0.2) is 60.7 Å². The Morgan fingerprint density at radius 3 is 2.70 bits per heavy atom. The van der Waals surface area contributed by atoms with Crippen LogP contribution in [0.1, 0.15) is 25.3 Å². The second-order valence-electron chi connectivity index (χ2n) is 6.31. The molecule has 0 bridgehead atoms. The van der Waals surface area contributed by atoms with E-state index < -0.39 is 0 Å². The minimum absolute atomic E-state index is 0.0411. The summed E-state index contributed by atoms with van der Waals surface area (Å²) in [6, 6.07) is 7.80. The number of ether oxygens (including phenoxy) is 1. The number of nitrogens with zero attached hydrogens (tertiary/aromatic N) is 2. The Labute approximate surface area is 138 Å². The zero-order chi connectivity index (χ0) is 16.7. The van der Waals surface area contributed by atoms with Crippen molar-refractivity contribution >= 4 is 5.91 Å². The number of para-hydroxylation sites is 1. The van der Waals surface area contributed by atoms with Crippen LogP contribution in [0.4, 0.5) is 0 Å². The van der Waals surface area contributed by atoms with Crippen LogP contribution in [0.15, 0.2) is 24.3 Å². The number of hydrogen-bond donors (Lipinski definition) is 1. The van der Waals surface area contributed by atoms with Crippen molar-refractivity contribution in [2.24, 2.45) is 5.92 Å². The van der Waals surface area contributed by atoms with E-state index >= 15 is 0 Å². The van der Waals surface area contributed by atoms with Gasteiger partial charge in [-0.05, 0) is 24.8 Å². The fourth-order valence-electron chi connectivity index (χ4n) is 2.98. The first-order chi connectivity index (χ1) is 11.1. The minimum Gasteiger partial charge on any atom is -0.496 e. The highest BCUT2D eigenvalue weighted by Gasteiger charge is 2.22. The van der Waals surface area contributed by atoms with Crippen LogP contribution in [0.25, 0.3) is 0 Å². The molecule has 1 amide bonds. The van der Waals surface area contributed by atoms with Crippen molar-refractivity contribution in [1.82, 2.24) is 9.80 Å². The molecule has 5 heteroatoms. The number of piperidine rings is 1. The van der Waals surface area contributed by atoms with Crippen molar-refractivity contribution in [3.05, 3.63) is 29.8 Å². The lowest BCUT2D eigenvalue weighted by Gasteiger charge is -2.32. The summed E-state index contributed by atoms with van der Waals surface area (Å²) in [5, 5.41) is 9.30. The molecule has 0 saturated carbocycles. The van der Waals surface area contributed by atoms with Crippen LogP contribution in [0.3, 0.4) is 0 Å². The van der Waals surface area contributed by atoms with Crippen molar-refractivity contribution in [3.8, 4) is 5.75 Å². The van der Waals surface area contributed by atoms with Gasteiger partial charge in [-0.3, -0.25) is 9.69 Å². The van der Waals surface area contributed by atoms with Gasteiger partial charge < -0.3 is 14.7 Å². The fraction of sp³-hybridized carbons (Fsp3) is 0.611. The van der Waals surface area contributed by atoms with Crippen LogP contribution in [0.5, 0.6) is 5.75 Å². The summed E-state index contributed by atoms with van der Waals surface area (Å²) in [4.78, 5) is 16.4. The largest absolute Gasteiger partial charge is 0.496 e. The number of aliphatic hydroxyl groups excluding tert-OH is 1. The normalized spacial score (nSPS) is 15.9. The Balaban J connectivity index is 1.96. The molecule has 0 spiro atoms. The average molecular weight is 320 g/mol. The number of methoxy groups -OCH3 is 1. The summed E-state index contributed by atoms with van der Waals surface area (Å²) in [6.45, 7) is 5.39. The molecule has 1 fully saturated rings. The van der Waals surface area contributed by atoms with Crippen LogP contribution in [-0.2, 0) is 11.3 Å². The second kappa shape index (κ2) is 8.89. The van der Waals surface area contributed by atoms with E-state index in [0.29, 0.717) is 25.6 Å². The highest BCUT2D eigenvalue weighted by molar-refractivity contribution is 5.78. The fourth-order valence-corrected chi connectivity index (χ4v) is 2.98.